The predicted octanol–water partition coefficient (Wildman–Crippen LogP) is 4.34. The molecule has 1 N–H and O–H groups in total. The summed E-state index contributed by atoms with van der Waals surface area (Å²) in [5.41, 5.74) is 1.62. The number of amides is 1. The van der Waals surface area contributed by atoms with Gasteiger partial charge in [0.2, 0.25) is 0 Å². The van der Waals surface area contributed by atoms with Crippen LogP contribution in [0.4, 0.5) is 0 Å². The van der Waals surface area contributed by atoms with Crippen LogP contribution in [0.25, 0.3) is 0 Å². The average Bonchev–Trinajstić information content (AvgIpc) is 3.01. The maximum Gasteiger partial charge on any atom is 0.251 e. The largest absolute Gasteiger partial charge is 0.487 e. The molecule has 2 aromatic rings. The molecule has 24 heavy (non-hydrogen) atoms. The van der Waals surface area contributed by atoms with Crippen LogP contribution in [0.5, 0.6) is 5.75 Å². The van der Waals surface area contributed by atoms with Crippen LogP contribution in [0.3, 0.4) is 0 Å². The molecule has 0 spiro atoms. The molecule has 1 amide bonds. The number of rotatable bonds is 5. The Balaban J connectivity index is 1.54. The number of hydrogen-bond acceptors (Lipinski definition) is 4. The summed E-state index contributed by atoms with van der Waals surface area (Å²) in [6.07, 6.45) is 4.77. The minimum Gasteiger partial charge on any atom is -0.487 e. The Morgan fingerprint density at radius 1 is 1.29 bits per heavy atom. The molecule has 2 atom stereocenters. The van der Waals surface area contributed by atoms with E-state index in [-0.39, 0.29) is 5.91 Å². The Labute approximate surface area is 147 Å². The summed E-state index contributed by atoms with van der Waals surface area (Å²) in [5, 5.41) is 6.22. The highest BCUT2D eigenvalue weighted by molar-refractivity contribution is 7.09. The number of aryl methyl sites for hydroxylation is 1. The van der Waals surface area contributed by atoms with E-state index in [1.807, 2.05) is 36.6 Å². The van der Waals surface area contributed by atoms with Crippen molar-refractivity contribution in [3.8, 4) is 5.75 Å². The van der Waals surface area contributed by atoms with Gasteiger partial charge in [0.1, 0.15) is 12.4 Å². The van der Waals surface area contributed by atoms with E-state index in [1.54, 1.807) is 11.3 Å². The van der Waals surface area contributed by atoms with Crippen molar-refractivity contribution in [2.75, 3.05) is 0 Å². The van der Waals surface area contributed by atoms with Crippen molar-refractivity contribution in [3.05, 3.63) is 45.9 Å². The Morgan fingerprint density at radius 3 is 2.71 bits per heavy atom. The summed E-state index contributed by atoms with van der Waals surface area (Å²) in [6, 6.07) is 7.64. The van der Waals surface area contributed by atoms with E-state index in [1.165, 1.54) is 19.3 Å². The van der Waals surface area contributed by atoms with E-state index in [4.69, 9.17) is 4.74 Å². The zero-order valence-electron chi connectivity index (χ0n) is 14.2. The van der Waals surface area contributed by atoms with Gasteiger partial charge in [-0.25, -0.2) is 4.98 Å². The van der Waals surface area contributed by atoms with Crippen LogP contribution in [0.2, 0.25) is 0 Å². The van der Waals surface area contributed by atoms with E-state index >= 15 is 0 Å². The van der Waals surface area contributed by atoms with Gasteiger partial charge in [-0.1, -0.05) is 19.8 Å². The maximum absolute atomic E-state index is 12.4. The molecule has 0 bridgehead atoms. The fraction of sp³-hybridized carbons (Fsp3) is 0.474. The zero-order valence-corrected chi connectivity index (χ0v) is 15.1. The molecule has 0 aliphatic heterocycles. The number of thiazole rings is 1. The average molecular weight is 344 g/mol. The molecule has 1 aromatic heterocycles. The number of carbonyl (C=O) groups excluding carboxylic acids is 1. The second-order valence-corrected chi connectivity index (χ2v) is 7.57. The van der Waals surface area contributed by atoms with Crippen molar-refractivity contribution >= 4 is 17.2 Å². The molecule has 1 fully saturated rings. The zero-order chi connectivity index (χ0) is 16.9. The number of ether oxygens (including phenoxy) is 1. The molecule has 5 heteroatoms. The summed E-state index contributed by atoms with van der Waals surface area (Å²) in [6.45, 7) is 4.66. The van der Waals surface area contributed by atoms with Gasteiger partial charge < -0.3 is 10.1 Å². The first-order valence-electron chi connectivity index (χ1n) is 8.56. The molecular weight excluding hydrogens is 320 g/mol. The van der Waals surface area contributed by atoms with Crippen LogP contribution in [0, 0.1) is 12.8 Å². The lowest BCUT2D eigenvalue weighted by atomic mass is 9.86. The fourth-order valence-electron chi connectivity index (χ4n) is 3.12. The molecule has 0 unspecified atom stereocenters. The first-order valence-corrected chi connectivity index (χ1v) is 9.44. The lowest BCUT2D eigenvalue weighted by molar-refractivity contribution is 0.0910. The van der Waals surface area contributed by atoms with Crippen molar-refractivity contribution in [2.45, 2.75) is 52.2 Å². The van der Waals surface area contributed by atoms with Crippen LogP contribution in [-0.4, -0.2) is 16.9 Å². The normalized spacial score (nSPS) is 20.6. The SMILES string of the molecule is Cc1nc(COc2ccc(C(=O)N[C@@H]3CCCC[C@@H]3C)cc2)cs1. The van der Waals surface area contributed by atoms with E-state index in [9.17, 15) is 4.79 Å². The van der Waals surface area contributed by atoms with Crippen molar-refractivity contribution in [2.24, 2.45) is 5.92 Å². The van der Waals surface area contributed by atoms with Crippen LogP contribution < -0.4 is 10.1 Å². The van der Waals surface area contributed by atoms with Gasteiger partial charge in [-0.15, -0.1) is 11.3 Å². The highest BCUT2D eigenvalue weighted by atomic mass is 32.1. The highest BCUT2D eigenvalue weighted by Crippen LogP contribution is 2.24. The van der Waals surface area contributed by atoms with E-state index in [0.717, 1.165) is 22.9 Å². The summed E-state index contributed by atoms with van der Waals surface area (Å²) < 4.78 is 5.72. The van der Waals surface area contributed by atoms with Crippen molar-refractivity contribution in [1.29, 1.82) is 0 Å². The number of nitrogens with zero attached hydrogens (tertiary/aromatic N) is 1. The molecule has 1 aliphatic rings. The van der Waals surface area contributed by atoms with Gasteiger partial charge in [-0.2, -0.15) is 0 Å². The monoisotopic (exact) mass is 344 g/mol. The van der Waals surface area contributed by atoms with Crippen molar-refractivity contribution < 1.29 is 9.53 Å². The molecule has 1 heterocycles. The van der Waals surface area contributed by atoms with Crippen LogP contribution in [0.15, 0.2) is 29.6 Å². The van der Waals surface area contributed by atoms with E-state index < -0.39 is 0 Å². The molecule has 4 nitrogen and oxygen atoms in total. The minimum absolute atomic E-state index is 0.00965. The standard InChI is InChI=1S/C19H24N2O2S/c1-13-5-3-4-6-18(13)21-19(22)15-7-9-17(10-8-15)23-11-16-12-24-14(2)20-16/h7-10,12-13,18H,3-6,11H2,1-2H3,(H,21,22)/t13-,18+/m0/s1. The smallest absolute Gasteiger partial charge is 0.251 e. The van der Waals surface area contributed by atoms with Crippen LogP contribution >= 0.6 is 11.3 Å². The number of carbonyl (C=O) groups is 1. The quantitative estimate of drug-likeness (QED) is 0.878. The molecule has 0 radical (unpaired) electrons. The number of nitrogens with one attached hydrogen (secondary N) is 1. The number of hydrogen-bond donors (Lipinski definition) is 1. The Hall–Kier alpha value is -1.88. The topological polar surface area (TPSA) is 51.2 Å². The number of benzene rings is 1. The molecule has 0 saturated heterocycles. The third kappa shape index (κ3) is 4.35. The van der Waals surface area contributed by atoms with Gasteiger partial charge in [0.25, 0.3) is 5.91 Å². The van der Waals surface area contributed by atoms with Crippen molar-refractivity contribution in [1.82, 2.24) is 10.3 Å². The molecule has 1 aliphatic carbocycles. The highest BCUT2D eigenvalue weighted by Gasteiger charge is 2.23. The minimum atomic E-state index is 0.00965. The van der Waals surface area contributed by atoms with Gasteiger partial charge in [0, 0.05) is 17.0 Å². The second kappa shape index (κ2) is 7.79. The maximum atomic E-state index is 12.4. The van der Waals surface area contributed by atoms with Crippen LogP contribution in [0.1, 0.15) is 53.7 Å². The lowest BCUT2D eigenvalue weighted by Crippen LogP contribution is -2.41. The third-order valence-electron chi connectivity index (χ3n) is 4.60. The van der Waals surface area contributed by atoms with E-state index in [0.29, 0.717) is 24.1 Å². The summed E-state index contributed by atoms with van der Waals surface area (Å²) in [7, 11) is 0. The third-order valence-corrected chi connectivity index (χ3v) is 5.42. The van der Waals surface area contributed by atoms with Gasteiger partial charge in [0.15, 0.2) is 0 Å². The van der Waals surface area contributed by atoms with Gasteiger partial charge >= 0.3 is 0 Å². The first-order chi connectivity index (χ1) is 11.6. The lowest BCUT2D eigenvalue weighted by Gasteiger charge is -2.29. The Bertz CT molecular complexity index is 681. The summed E-state index contributed by atoms with van der Waals surface area (Å²) in [4.78, 5) is 16.8. The van der Waals surface area contributed by atoms with E-state index in [2.05, 4.69) is 17.2 Å². The molecule has 1 saturated carbocycles. The van der Waals surface area contributed by atoms with Gasteiger partial charge in [-0.3, -0.25) is 4.79 Å². The number of aromatic nitrogens is 1. The summed E-state index contributed by atoms with van der Waals surface area (Å²) in [5.74, 6) is 1.32. The second-order valence-electron chi connectivity index (χ2n) is 6.51. The first kappa shape index (κ1) is 17.0. The van der Waals surface area contributed by atoms with Crippen molar-refractivity contribution in [3.63, 3.8) is 0 Å². The molecule has 1 aromatic carbocycles. The fourth-order valence-corrected chi connectivity index (χ4v) is 3.71. The molecule has 128 valence electrons. The van der Waals surface area contributed by atoms with Gasteiger partial charge in [-0.05, 0) is 49.9 Å². The Kier molecular flexibility index (Phi) is 5.51. The predicted molar refractivity (Wildman–Crippen MR) is 96.5 cm³/mol. The van der Waals surface area contributed by atoms with Gasteiger partial charge in [0.05, 0.1) is 10.7 Å². The molecule has 3 rings (SSSR count). The van der Waals surface area contributed by atoms with Crippen LogP contribution in [-0.2, 0) is 6.61 Å². The Morgan fingerprint density at radius 2 is 2.04 bits per heavy atom. The molecular formula is C19H24N2O2S. The summed E-state index contributed by atoms with van der Waals surface area (Å²) >= 11 is 1.62.